The van der Waals surface area contributed by atoms with Gasteiger partial charge < -0.3 is 10.6 Å². The minimum atomic E-state index is -0.155. The van der Waals surface area contributed by atoms with Crippen molar-refractivity contribution in [2.45, 2.75) is 6.92 Å². The zero-order chi connectivity index (χ0) is 16.2. The lowest BCUT2D eigenvalue weighted by atomic mass is 10.2. The van der Waals surface area contributed by atoms with Crippen molar-refractivity contribution in [3.63, 3.8) is 0 Å². The second kappa shape index (κ2) is 6.76. The molecule has 23 heavy (non-hydrogen) atoms. The Morgan fingerprint density at radius 1 is 0.870 bits per heavy atom. The predicted molar refractivity (Wildman–Crippen MR) is 95.7 cm³/mol. The number of nitrogens with one attached hydrogen (secondary N) is 2. The van der Waals surface area contributed by atoms with Gasteiger partial charge in [-0.2, -0.15) is 0 Å². The number of rotatable bonds is 4. The smallest absolute Gasteiger partial charge is 0.265 e. The normalized spacial score (nSPS) is 10.3. The summed E-state index contributed by atoms with van der Waals surface area (Å²) in [6.45, 7) is 1.96. The van der Waals surface area contributed by atoms with Crippen LogP contribution < -0.4 is 10.6 Å². The Labute approximate surface area is 141 Å². The zero-order valence-electron chi connectivity index (χ0n) is 12.3. The molecule has 0 unspecified atom stereocenters. The average Bonchev–Trinajstić information content (AvgIpc) is 3.18. The Hall–Kier alpha value is -2.44. The summed E-state index contributed by atoms with van der Waals surface area (Å²) in [5.41, 5.74) is 1.29. The van der Waals surface area contributed by atoms with E-state index in [-0.39, 0.29) is 11.8 Å². The van der Waals surface area contributed by atoms with Crippen molar-refractivity contribution >= 4 is 45.9 Å². The number of aryl methyl sites for hydroxylation is 1. The Morgan fingerprint density at radius 3 is 2.13 bits per heavy atom. The summed E-state index contributed by atoms with van der Waals surface area (Å²) in [6, 6.07) is 14.4. The van der Waals surface area contributed by atoms with Crippen molar-refractivity contribution in [1.29, 1.82) is 0 Å². The molecule has 2 aromatic heterocycles. The molecule has 3 aromatic rings. The highest BCUT2D eigenvalue weighted by atomic mass is 32.1. The van der Waals surface area contributed by atoms with Gasteiger partial charge in [0.1, 0.15) is 0 Å². The SMILES string of the molecule is Cc1ccc(C(=O)Nc2cccc(NC(=O)c3cccs3)c2)s1. The van der Waals surface area contributed by atoms with Crippen LogP contribution in [0.3, 0.4) is 0 Å². The van der Waals surface area contributed by atoms with Crippen molar-refractivity contribution in [3.05, 3.63) is 68.5 Å². The molecule has 0 radical (unpaired) electrons. The quantitative estimate of drug-likeness (QED) is 0.727. The van der Waals surface area contributed by atoms with Gasteiger partial charge in [-0.1, -0.05) is 12.1 Å². The standard InChI is InChI=1S/C17H14N2O2S2/c1-11-7-8-15(23-11)17(21)19-13-5-2-4-12(10-13)18-16(20)14-6-3-9-22-14/h2-10H,1H3,(H,18,20)(H,19,21). The van der Waals surface area contributed by atoms with Gasteiger partial charge >= 0.3 is 0 Å². The number of hydrogen-bond donors (Lipinski definition) is 2. The molecule has 6 heteroatoms. The van der Waals surface area contributed by atoms with E-state index in [0.717, 1.165) is 4.88 Å². The van der Waals surface area contributed by atoms with Gasteiger partial charge in [0.05, 0.1) is 9.75 Å². The number of carbonyl (C=O) groups excluding carboxylic acids is 2. The summed E-state index contributed by atoms with van der Waals surface area (Å²) in [6.07, 6.45) is 0. The predicted octanol–water partition coefficient (Wildman–Crippen LogP) is 4.62. The molecule has 0 aliphatic carbocycles. The van der Waals surface area contributed by atoms with Crippen LogP contribution in [0.15, 0.2) is 53.9 Å². The molecule has 0 saturated carbocycles. The largest absolute Gasteiger partial charge is 0.321 e. The van der Waals surface area contributed by atoms with Crippen LogP contribution >= 0.6 is 22.7 Å². The first-order valence-corrected chi connectivity index (χ1v) is 8.64. The Morgan fingerprint density at radius 2 is 1.57 bits per heavy atom. The van der Waals surface area contributed by atoms with E-state index in [4.69, 9.17) is 0 Å². The minimum absolute atomic E-state index is 0.148. The first-order chi connectivity index (χ1) is 11.1. The molecule has 0 spiro atoms. The van der Waals surface area contributed by atoms with Gasteiger partial charge in [0.15, 0.2) is 0 Å². The summed E-state index contributed by atoms with van der Waals surface area (Å²) < 4.78 is 0. The zero-order valence-corrected chi connectivity index (χ0v) is 14.0. The van der Waals surface area contributed by atoms with E-state index < -0.39 is 0 Å². The Bertz CT molecular complexity index is 838. The van der Waals surface area contributed by atoms with Crippen LogP contribution in [-0.4, -0.2) is 11.8 Å². The number of benzene rings is 1. The molecule has 0 atom stereocenters. The molecular weight excluding hydrogens is 328 g/mol. The summed E-state index contributed by atoms with van der Waals surface area (Å²) in [4.78, 5) is 26.6. The molecule has 2 N–H and O–H groups in total. The van der Waals surface area contributed by atoms with E-state index in [0.29, 0.717) is 21.1 Å². The molecule has 0 bridgehead atoms. The van der Waals surface area contributed by atoms with E-state index >= 15 is 0 Å². The molecule has 0 saturated heterocycles. The van der Waals surface area contributed by atoms with Crippen LogP contribution in [0, 0.1) is 6.92 Å². The molecule has 0 aliphatic heterocycles. The summed E-state index contributed by atoms with van der Waals surface area (Å²) in [5.74, 6) is -0.304. The Kier molecular flexibility index (Phi) is 4.55. The maximum Gasteiger partial charge on any atom is 0.265 e. The van der Waals surface area contributed by atoms with Crippen molar-refractivity contribution in [2.24, 2.45) is 0 Å². The van der Waals surface area contributed by atoms with Crippen molar-refractivity contribution in [3.8, 4) is 0 Å². The third kappa shape index (κ3) is 3.85. The van der Waals surface area contributed by atoms with Gasteiger partial charge in [0.25, 0.3) is 11.8 Å². The lowest BCUT2D eigenvalue weighted by Crippen LogP contribution is -2.12. The molecule has 2 heterocycles. The van der Waals surface area contributed by atoms with Gasteiger partial charge in [0.2, 0.25) is 0 Å². The topological polar surface area (TPSA) is 58.2 Å². The van der Waals surface area contributed by atoms with Gasteiger partial charge in [-0.25, -0.2) is 0 Å². The molecule has 0 aliphatic rings. The third-order valence-electron chi connectivity index (χ3n) is 3.09. The number of carbonyl (C=O) groups is 2. The van der Waals surface area contributed by atoms with Crippen LogP contribution in [0.2, 0.25) is 0 Å². The summed E-state index contributed by atoms with van der Waals surface area (Å²) in [5, 5.41) is 7.52. The van der Waals surface area contributed by atoms with Gasteiger partial charge in [-0.05, 0) is 48.7 Å². The van der Waals surface area contributed by atoms with Crippen molar-refractivity contribution < 1.29 is 9.59 Å². The van der Waals surface area contributed by atoms with Crippen LogP contribution in [0.5, 0.6) is 0 Å². The van der Waals surface area contributed by atoms with Crippen LogP contribution in [0.25, 0.3) is 0 Å². The lowest BCUT2D eigenvalue weighted by Gasteiger charge is -2.07. The molecule has 4 nitrogen and oxygen atoms in total. The maximum atomic E-state index is 12.2. The molecule has 0 fully saturated rings. The highest BCUT2D eigenvalue weighted by Gasteiger charge is 2.10. The summed E-state index contributed by atoms with van der Waals surface area (Å²) in [7, 11) is 0. The van der Waals surface area contributed by atoms with Crippen LogP contribution in [-0.2, 0) is 0 Å². The van der Waals surface area contributed by atoms with Gasteiger partial charge in [-0.15, -0.1) is 22.7 Å². The van der Waals surface area contributed by atoms with Crippen molar-refractivity contribution in [2.75, 3.05) is 10.6 Å². The fourth-order valence-electron chi connectivity index (χ4n) is 2.02. The maximum absolute atomic E-state index is 12.2. The molecule has 116 valence electrons. The first kappa shape index (κ1) is 15.5. The second-order valence-electron chi connectivity index (χ2n) is 4.88. The molecule has 1 aromatic carbocycles. The fraction of sp³-hybridized carbons (Fsp3) is 0.0588. The van der Waals surface area contributed by atoms with E-state index in [1.54, 1.807) is 36.4 Å². The minimum Gasteiger partial charge on any atom is -0.321 e. The highest BCUT2D eigenvalue weighted by molar-refractivity contribution is 7.14. The molecular formula is C17H14N2O2S2. The van der Waals surface area contributed by atoms with Crippen LogP contribution in [0.1, 0.15) is 24.2 Å². The Balaban J connectivity index is 1.70. The fourth-order valence-corrected chi connectivity index (χ4v) is 3.41. The number of amides is 2. The van der Waals surface area contributed by atoms with E-state index in [9.17, 15) is 9.59 Å². The average molecular weight is 342 g/mol. The monoisotopic (exact) mass is 342 g/mol. The second-order valence-corrected chi connectivity index (χ2v) is 7.11. The summed E-state index contributed by atoms with van der Waals surface area (Å²) >= 11 is 2.83. The molecule has 3 rings (SSSR count). The third-order valence-corrected chi connectivity index (χ3v) is 4.96. The van der Waals surface area contributed by atoms with E-state index in [2.05, 4.69) is 10.6 Å². The molecule has 2 amide bonds. The van der Waals surface area contributed by atoms with Gasteiger partial charge in [-0.3, -0.25) is 9.59 Å². The van der Waals surface area contributed by atoms with Crippen molar-refractivity contribution in [1.82, 2.24) is 0 Å². The highest BCUT2D eigenvalue weighted by Crippen LogP contribution is 2.20. The van der Waals surface area contributed by atoms with Gasteiger partial charge in [0, 0.05) is 16.3 Å². The number of thiophene rings is 2. The van der Waals surface area contributed by atoms with Crippen LogP contribution in [0.4, 0.5) is 11.4 Å². The van der Waals surface area contributed by atoms with E-state index in [1.807, 2.05) is 24.4 Å². The number of hydrogen-bond acceptors (Lipinski definition) is 4. The number of anilines is 2. The van der Waals surface area contributed by atoms with E-state index in [1.165, 1.54) is 22.7 Å². The lowest BCUT2D eigenvalue weighted by molar-refractivity contribution is 0.102. The first-order valence-electron chi connectivity index (χ1n) is 6.94.